The lowest BCUT2D eigenvalue weighted by atomic mass is 10.1. The Morgan fingerprint density at radius 3 is 2.80 bits per heavy atom. The zero-order valence-electron chi connectivity index (χ0n) is 17.9. The Bertz CT molecular complexity index is 691. The highest BCUT2D eigenvalue weighted by molar-refractivity contribution is 14.0. The summed E-state index contributed by atoms with van der Waals surface area (Å²) >= 11 is 6.16. The number of aliphatic imine (C=N–C) groups is 1. The average molecular weight is 548 g/mol. The molecule has 7 heteroatoms. The monoisotopic (exact) mass is 547 g/mol. The predicted octanol–water partition coefficient (Wildman–Crippen LogP) is 4.83. The van der Waals surface area contributed by atoms with Gasteiger partial charge in [0.15, 0.2) is 5.96 Å². The molecule has 2 heterocycles. The van der Waals surface area contributed by atoms with E-state index in [4.69, 9.17) is 26.1 Å². The number of piperidine rings is 1. The molecule has 168 valence electrons. The molecule has 1 aromatic carbocycles. The van der Waals surface area contributed by atoms with E-state index in [1.807, 2.05) is 12.1 Å². The highest BCUT2D eigenvalue weighted by Gasteiger charge is 2.40. The number of hydrogen-bond acceptors (Lipinski definition) is 3. The third kappa shape index (κ3) is 6.71. The Labute approximate surface area is 202 Å². The third-order valence-electron chi connectivity index (χ3n) is 6.22. The number of guanidine groups is 1. The number of hydrogen-bond donors (Lipinski definition) is 1. The third-order valence-corrected chi connectivity index (χ3v) is 6.46. The van der Waals surface area contributed by atoms with Gasteiger partial charge >= 0.3 is 0 Å². The van der Waals surface area contributed by atoms with Crippen LogP contribution in [0.25, 0.3) is 0 Å². The quantitative estimate of drug-likeness (QED) is 0.315. The summed E-state index contributed by atoms with van der Waals surface area (Å²) in [6, 6.07) is 8.69. The number of nitrogens with one attached hydrogen (secondary N) is 1. The Balaban J connectivity index is 0.00000256. The predicted molar refractivity (Wildman–Crippen MR) is 133 cm³/mol. The standard InChI is InChI=1S/C23H34ClN3O2.HI/c1-2-25-23(26-22-15-21(22)17-6-5-7-18(24)14-17)27-11-9-19(10-12-27)29-16-20-8-3-4-13-28-20;/h5-7,14,19-22H,2-4,8-13,15-16H2,1H3,(H,25,26);1H. The molecular formula is C23H35ClIN3O2. The van der Waals surface area contributed by atoms with E-state index in [0.29, 0.717) is 24.2 Å². The van der Waals surface area contributed by atoms with E-state index in [1.165, 1.54) is 18.4 Å². The molecule has 3 fully saturated rings. The van der Waals surface area contributed by atoms with Crippen LogP contribution >= 0.6 is 35.6 Å². The average Bonchev–Trinajstić information content (AvgIpc) is 3.52. The van der Waals surface area contributed by atoms with Gasteiger partial charge in [-0.1, -0.05) is 23.7 Å². The summed E-state index contributed by atoms with van der Waals surface area (Å²) in [5.74, 6) is 1.59. The van der Waals surface area contributed by atoms with E-state index >= 15 is 0 Å². The SMILES string of the molecule is CCN=C(NC1CC1c1cccc(Cl)c1)N1CCC(OCC2CCCCO2)CC1.I. The second-order valence-corrected chi connectivity index (χ2v) is 8.89. The summed E-state index contributed by atoms with van der Waals surface area (Å²) in [7, 11) is 0. The number of nitrogens with zero attached hydrogens (tertiary/aromatic N) is 2. The van der Waals surface area contributed by atoms with E-state index in [1.54, 1.807) is 0 Å². The molecule has 4 rings (SSSR count). The molecule has 1 aliphatic carbocycles. The molecular weight excluding hydrogens is 513 g/mol. The molecule has 3 aliphatic rings. The molecule has 3 unspecified atom stereocenters. The Hall–Kier alpha value is -0.570. The van der Waals surface area contributed by atoms with Gasteiger partial charge in [-0.3, -0.25) is 4.99 Å². The minimum atomic E-state index is 0. The minimum absolute atomic E-state index is 0. The zero-order valence-corrected chi connectivity index (χ0v) is 21.0. The molecule has 0 amide bonds. The fourth-order valence-electron chi connectivity index (χ4n) is 4.43. The van der Waals surface area contributed by atoms with Crippen molar-refractivity contribution < 1.29 is 9.47 Å². The summed E-state index contributed by atoms with van der Waals surface area (Å²) in [6.45, 7) is 6.54. The maximum absolute atomic E-state index is 6.17. The van der Waals surface area contributed by atoms with Crippen LogP contribution in [-0.2, 0) is 9.47 Å². The van der Waals surface area contributed by atoms with Gasteiger partial charge in [0, 0.05) is 43.2 Å². The zero-order chi connectivity index (χ0) is 20.1. The Morgan fingerprint density at radius 2 is 2.10 bits per heavy atom. The van der Waals surface area contributed by atoms with Crippen molar-refractivity contribution in [3.8, 4) is 0 Å². The summed E-state index contributed by atoms with van der Waals surface area (Å²) < 4.78 is 12.0. The lowest BCUT2D eigenvalue weighted by Gasteiger charge is -2.35. The number of benzene rings is 1. The van der Waals surface area contributed by atoms with Crippen molar-refractivity contribution >= 4 is 41.5 Å². The maximum atomic E-state index is 6.17. The van der Waals surface area contributed by atoms with Crippen LogP contribution in [-0.4, -0.2) is 62.0 Å². The molecule has 30 heavy (non-hydrogen) atoms. The number of halogens is 2. The lowest BCUT2D eigenvalue weighted by Crippen LogP contribution is -2.48. The van der Waals surface area contributed by atoms with Crippen LogP contribution in [0, 0.1) is 0 Å². The smallest absolute Gasteiger partial charge is 0.194 e. The van der Waals surface area contributed by atoms with Crippen molar-refractivity contribution in [1.82, 2.24) is 10.2 Å². The van der Waals surface area contributed by atoms with Gasteiger partial charge in [-0.05, 0) is 63.1 Å². The van der Waals surface area contributed by atoms with Crippen LogP contribution in [0.1, 0.15) is 56.9 Å². The second-order valence-electron chi connectivity index (χ2n) is 8.45. The van der Waals surface area contributed by atoms with Gasteiger partial charge in [0.2, 0.25) is 0 Å². The molecule has 0 bridgehead atoms. The highest BCUT2D eigenvalue weighted by atomic mass is 127. The molecule has 1 aromatic rings. The fourth-order valence-corrected chi connectivity index (χ4v) is 4.63. The first-order valence-corrected chi connectivity index (χ1v) is 11.7. The number of rotatable bonds is 6. The molecule has 5 nitrogen and oxygen atoms in total. The Kier molecular flexibility index (Phi) is 9.54. The van der Waals surface area contributed by atoms with Crippen LogP contribution in [0.2, 0.25) is 5.02 Å². The van der Waals surface area contributed by atoms with E-state index in [9.17, 15) is 0 Å². The molecule has 0 radical (unpaired) electrons. The van der Waals surface area contributed by atoms with Gasteiger partial charge in [-0.15, -0.1) is 24.0 Å². The highest BCUT2D eigenvalue weighted by Crippen LogP contribution is 2.41. The molecule has 3 atom stereocenters. The normalized spacial score (nSPS) is 27.5. The van der Waals surface area contributed by atoms with Gasteiger partial charge in [-0.2, -0.15) is 0 Å². The second kappa shape index (κ2) is 11.9. The van der Waals surface area contributed by atoms with Crippen molar-refractivity contribution in [2.24, 2.45) is 4.99 Å². The van der Waals surface area contributed by atoms with Crippen molar-refractivity contribution in [1.29, 1.82) is 0 Å². The van der Waals surface area contributed by atoms with Crippen LogP contribution in [0.4, 0.5) is 0 Å². The summed E-state index contributed by atoms with van der Waals surface area (Å²) in [6.07, 6.45) is 7.51. The first-order chi connectivity index (χ1) is 14.2. The van der Waals surface area contributed by atoms with Crippen molar-refractivity contribution in [3.05, 3.63) is 34.9 Å². The van der Waals surface area contributed by atoms with Gasteiger partial charge in [0.1, 0.15) is 0 Å². The summed E-state index contributed by atoms with van der Waals surface area (Å²) in [5.41, 5.74) is 1.32. The molecule has 1 saturated carbocycles. The van der Waals surface area contributed by atoms with E-state index in [0.717, 1.165) is 69.5 Å². The molecule has 2 saturated heterocycles. The Morgan fingerprint density at radius 1 is 1.27 bits per heavy atom. The van der Waals surface area contributed by atoms with Crippen LogP contribution in [0.3, 0.4) is 0 Å². The van der Waals surface area contributed by atoms with Gasteiger partial charge < -0.3 is 19.7 Å². The summed E-state index contributed by atoms with van der Waals surface area (Å²) in [4.78, 5) is 7.16. The van der Waals surface area contributed by atoms with E-state index in [2.05, 4.69) is 29.3 Å². The molecule has 2 aliphatic heterocycles. The topological polar surface area (TPSA) is 46.1 Å². The van der Waals surface area contributed by atoms with E-state index < -0.39 is 0 Å². The van der Waals surface area contributed by atoms with Crippen LogP contribution < -0.4 is 5.32 Å². The van der Waals surface area contributed by atoms with Crippen molar-refractivity contribution in [2.75, 3.05) is 32.8 Å². The van der Waals surface area contributed by atoms with Gasteiger partial charge in [0.25, 0.3) is 0 Å². The van der Waals surface area contributed by atoms with E-state index in [-0.39, 0.29) is 24.0 Å². The summed E-state index contributed by atoms with van der Waals surface area (Å²) in [5, 5.41) is 4.52. The van der Waals surface area contributed by atoms with Gasteiger partial charge in [-0.25, -0.2) is 0 Å². The first kappa shape index (κ1) is 24.1. The van der Waals surface area contributed by atoms with Crippen LogP contribution in [0.5, 0.6) is 0 Å². The molecule has 0 aromatic heterocycles. The number of ether oxygens (including phenoxy) is 2. The fraction of sp³-hybridized carbons (Fsp3) is 0.696. The first-order valence-electron chi connectivity index (χ1n) is 11.3. The maximum Gasteiger partial charge on any atom is 0.194 e. The molecule has 1 N–H and O–H groups in total. The minimum Gasteiger partial charge on any atom is -0.376 e. The lowest BCUT2D eigenvalue weighted by molar-refractivity contribution is -0.0721. The van der Waals surface area contributed by atoms with Crippen molar-refractivity contribution in [3.63, 3.8) is 0 Å². The largest absolute Gasteiger partial charge is 0.376 e. The van der Waals surface area contributed by atoms with Crippen LogP contribution in [0.15, 0.2) is 29.3 Å². The number of likely N-dealkylation sites (tertiary alicyclic amines) is 1. The van der Waals surface area contributed by atoms with Crippen molar-refractivity contribution in [2.45, 2.75) is 69.6 Å². The van der Waals surface area contributed by atoms with Gasteiger partial charge in [0.05, 0.1) is 18.8 Å². The molecule has 0 spiro atoms.